The van der Waals surface area contributed by atoms with Crippen molar-refractivity contribution in [3.63, 3.8) is 0 Å². The van der Waals surface area contributed by atoms with Crippen LogP contribution in [0.1, 0.15) is 16.8 Å². The molecule has 1 saturated heterocycles. The van der Waals surface area contributed by atoms with Gasteiger partial charge in [0.1, 0.15) is 0 Å². The van der Waals surface area contributed by atoms with Gasteiger partial charge in [0.2, 0.25) is 10.0 Å². The minimum Gasteiger partial charge on any atom is -0.490 e. The summed E-state index contributed by atoms with van der Waals surface area (Å²) in [5.41, 5.74) is -0.0749. The largest absolute Gasteiger partial charge is 0.490 e. The minimum atomic E-state index is -3.79. The van der Waals surface area contributed by atoms with Gasteiger partial charge in [-0.15, -0.1) is 0 Å². The summed E-state index contributed by atoms with van der Waals surface area (Å²) < 4.78 is 38.7. The topological polar surface area (TPSA) is 119 Å². The molecule has 2 aliphatic rings. The quantitative estimate of drug-likeness (QED) is 0.486. The molecule has 12 heteroatoms. The van der Waals surface area contributed by atoms with Crippen molar-refractivity contribution in [1.29, 1.82) is 0 Å². The average molecular weight is 482 g/mol. The van der Waals surface area contributed by atoms with E-state index in [9.17, 15) is 23.3 Å². The summed E-state index contributed by atoms with van der Waals surface area (Å²) in [5.74, 6) is 0.500. The number of hydrogen-bond donors (Lipinski definition) is 0. The monoisotopic (exact) mass is 481 g/mol. The maximum atomic E-state index is 13.1. The fourth-order valence-electron chi connectivity index (χ4n) is 3.55. The minimum absolute atomic E-state index is 0.0218. The van der Waals surface area contributed by atoms with Crippen molar-refractivity contribution < 1.29 is 27.6 Å². The molecule has 0 unspecified atom stereocenters. The SMILES string of the molecule is O=C(c1ccc([N+](=O)[O-])cc1Cl)N1CCN(S(=O)(=O)c2ccc3c(c2)OCCCO3)CC1. The van der Waals surface area contributed by atoms with Gasteiger partial charge in [0.25, 0.3) is 11.6 Å². The van der Waals surface area contributed by atoms with Crippen LogP contribution in [0.5, 0.6) is 11.5 Å². The molecule has 4 rings (SSSR count). The first-order valence-corrected chi connectivity index (χ1v) is 11.7. The maximum absolute atomic E-state index is 13.1. The molecule has 10 nitrogen and oxygen atoms in total. The number of piperazine rings is 1. The molecule has 1 fully saturated rings. The number of rotatable bonds is 4. The summed E-state index contributed by atoms with van der Waals surface area (Å²) in [4.78, 5) is 24.6. The van der Waals surface area contributed by atoms with Gasteiger partial charge in [0.15, 0.2) is 11.5 Å². The van der Waals surface area contributed by atoms with Crippen molar-refractivity contribution in [2.75, 3.05) is 39.4 Å². The van der Waals surface area contributed by atoms with Gasteiger partial charge in [0.05, 0.1) is 33.6 Å². The van der Waals surface area contributed by atoms with Crippen LogP contribution in [0.2, 0.25) is 5.02 Å². The number of carbonyl (C=O) groups excluding carboxylic acids is 1. The van der Waals surface area contributed by atoms with Crippen LogP contribution in [-0.4, -0.2) is 67.8 Å². The lowest BCUT2D eigenvalue weighted by Gasteiger charge is -2.34. The number of amides is 1. The Morgan fingerprint density at radius 2 is 1.69 bits per heavy atom. The Balaban J connectivity index is 1.46. The number of carbonyl (C=O) groups is 1. The van der Waals surface area contributed by atoms with Crippen molar-refractivity contribution >= 4 is 33.2 Å². The lowest BCUT2D eigenvalue weighted by molar-refractivity contribution is -0.384. The molecule has 2 heterocycles. The number of fused-ring (bicyclic) bond motifs is 1. The van der Waals surface area contributed by atoms with Crippen LogP contribution < -0.4 is 9.47 Å². The molecule has 0 aliphatic carbocycles. The van der Waals surface area contributed by atoms with E-state index in [1.54, 1.807) is 6.07 Å². The first-order chi connectivity index (χ1) is 15.3. The van der Waals surface area contributed by atoms with Gasteiger partial charge < -0.3 is 14.4 Å². The van der Waals surface area contributed by atoms with Crippen LogP contribution in [0.3, 0.4) is 0 Å². The standard InChI is InChI=1S/C20H20ClN3O7S/c21-17-12-14(24(26)27)2-4-16(17)20(25)22-6-8-23(9-7-22)32(28,29)15-3-5-18-19(13-15)31-11-1-10-30-18/h2-5,12-13H,1,6-11H2. The molecular formula is C20H20ClN3O7S. The number of nitro benzene ring substituents is 1. The number of halogens is 1. The van der Waals surface area contributed by atoms with Crippen LogP contribution in [0.4, 0.5) is 5.69 Å². The Morgan fingerprint density at radius 1 is 1.00 bits per heavy atom. The zero-order valence-electron chi connectivity index (χ0n) is 16.9. The number of benzene rings is 2. The van der Waals surface area contributed by atoms with E-state index in [-0.39, 0.29) is 47.3 Å². The summed E-state index contributed by atoms with van der Waals surface area (Å²) >= 11 is 6.06. The molecule has 2 aromatic rings. The molecule has 0 N–H and O–H groups in total. The van der Waals surface area contributed by atoms with Crippen LogP contribution >= 0.6 is 11.6 Å². The highest BCUT2D eigenvalue weighted by molar-refractivity contribution is 7.89. The second-order valence-electron chi connectivity index (χ2n) is 7.28. The predicted molar refractivity (Wildman–Crippen MR) is 115 cm³/mol. The van der Waals surface area contributed by atoms with Gasteiger partial charge >= 0.3 is 0 Å². The normalized spacial score (nSPS) is 17.0. The average Bonchev–Trinajstić information content (AvgIpc) is 3.03. The first kappa shape index (κ1) is 22.3. The molecule has 0 atom stereocenters. The number of non-ortho nitro benzene ring substituents is 1. The fraction of sp³-hybridized carbons (Fsp3) is 0.350. The van der Waals surface area contributed by atoms with Crippen LogP contribution in [0, 0.1) is 10.1 Å². The third-order valence-electron chi connectivity index (χ3n) is 5.28. The van der Waals surface area contributed by atoms with Crippen molar-refractivity contribution in [2.24, 2.45) is 0 Å². The van der Waals surface area contributed by atoms with Gasteiger partial charge in [-0.2, -0.15) is 4.31 Å². The molecule has 2 aliphatic heterocycles. The first-order valence-electron chi connectivity index (χ1n) is 9.90. The summed E-state index contributed by atoms with van der Waals surface area (Å²) in [5, 5.41) is 10.8. The summed E-state index contributed by atoms with van der Waals surface area (Å²) in [7, 11) is -3.79. The Kier molecular flexibility index (Phi) is 6.22. The molecule has 0 saturated carbocycles. The van der Waals surface area contributed by atoms with Crippen molar-refractivity contribution in [1.82, 2.24) is 9.21 Å². The van der Waals surface area contributed by atoms with E-state index in [2.05, 4.69) is 0 Å². The Bertz CT molecular complexity index is 1160. The molecule has 2 aromatic carbocycles. The van der Waals surface area contributed by atoms with Crippen molar-refractivity contribution in [2.45, 2.75) is 11.3 Å². The number of nitro groups is 1. The Hall–Kier alpha value is -2.89. The number of ether oxygens (including phenoxy) is 2. The third-order valence-corrected chi connectivity index (χ3v) is 7.48. The highest BCUT2D eigenvalue weighted by Crippen LogP contribution is 2.33. The molecule has 0 aromatic heterocycles. The zero-order valence-corrected chi connectivity index (χ0v) is 18.5. The molecule has 1 amide bonds. The van der Waals surface area contributed by atoms with Crippen molar-refractivity contribution in [3.8, 4) is 11.5 Å². The Morgan fingerprint density at radius 3 is 2.34 bits per heavy atom. The fourth-order valence-corrected chi connectivity index (χ4v) is 5.24. The second kappa shape index (κ2) is 8.93. The predicted octanol–water partition coefficient (Wildman–Crippen LogP) is 2.56. The highest BCUT2D eigenvalue weighted by Gasteiger charge is 2.32. The van der Waals surface area contributed by atoms with Gasteiger partial charge in [-0.05, 0) is 18.2 Å². The smallest absolute Gasteiger partial charge is 0.270 e. The van der Waals surface area contributed by atoms with Crippen LogP contribution in [0.15, 0.2) is 41.3 Å². The molecular weight excluding hydrogens is 462 g/mol. The summed E-state index contributed by atoms with van der Waals surface area (Å²) in [6.45, 7) is 1.49. The van der Waals surface area contributed by atoms with Gasteiger partial charge in [-0.3, -0.25) is 14.9 Å². The van der Waals surface area contributed by atoms with Gasteiger partial charge in [-0.1, -0.05) is 11.6 Å². The van der Waals surface area contributed by atoms with Gasteiger partial charge in [0, 0.05) is 50.8 Å². The van der Waals surface area contributed by atoms with E-state index in [0.29, 0.717) is 31.1 Å². The zero-order chi connectivity index (χ0) is 22.9. The van der Waals surface area contributed by atoms with E-state index >= 15 is 0 Å². The van der Waals surface area contributed by atoms with E-state index in [4.69, 9.17) is 21.1 Å². The second-order valence-corrected chi connectivity index (χ2v) is 9.62. The lowest BCUT2D eigenvalue weighted by Crippen LogP contribution is -2.50. The maximum Gasteiger partial charge on any atom is 0.270 e. The summed E-state index contributed by atoms with van der Waals surface area (Å²) in [6, 6.07) is 8.18. The van der Waals surface area contributed by atoms with E-state index in [1.165, 1.54) is 33.5 Å². The van der Waals surface area contributed by atoms with Crippen LogP contribution in [0.25, 0.3) is 0 Å². The Labute approximate surface area is 189 Å². The van der Waals surface area contributed by atoms with E-state index in [1.807, 2.05) is 0 Å². The number of sulfonamides is 1. The third kappa shape index (κ3) is 4.36. The summed E-state index contributed by atoms with van der Waals surface area (Å²) in [6.07, 6.45) is 0.714. The van der Waals surface area contributed by atoms with Crippen LogP contribution in [-0.2, 0) is 10.0 Å². The number of nitrogens with zero attached hydrogens (tertiary/aromatic N) is 3. The lowest BCUT2D eigenvalue weighted by atomic mass is 10.1. The van der Waals surface area contributed by atoms with E-state index in [0.717, 1.165) is 6.07 Å². The number of hydrogen-bond acceptors (Lipinski definition) is 7. The molecule has 0 spiro atoms. The molecule has 32 heavy (non-hydrogen) atoms. The van der Waals surface area contributed by atoms with Crippen molar-refractivity contribution in [3.05, 3.63) is 57.1 Å². The molecule has 170 valence electrons. The van der Waals surface area contributed by atoms with E-state index < -0.39 is 20.9 Å². The molecule has 0 bridgehead atoms. The highest BCUT2D eigenvalue weighted by atomic mass is 35.5. The molecule has 0 radical (unpaired) electrons. The van der Waals surface area contributed by atoms with Gasteiger partial charge in [-0.25, -0.2) is 8.42 Å².